The Morgan fingerprint density at radius 2 is 2.29 bits per heavy atom. The number of aromatic nitrogens is 4. The standard InChI is InChI=1S/C10H11N5O2/c1-2-7-8(10(16)17)9(11)14-15(7)6-3-4-12-13-5-6/h3-5H,2H2,1H3,(H2,11,14)(H,16,17). The molecule has 3 N–H and O–H groups in total. The van der Waals surface area contributed by atoms with Gasteiger partial charge in [-0.05, 0) is 12.5 Å². The Hall–Kier alpha value is -2.44. The maximum Gasteiger partial charge on any atom is 0.341 e. The fourth-order valence-corrected chi connectivity index (χ4v) is 1.65. The molecule has 2 aromatic heterocycles. The van der Waals surface area contributed by atoms with Gasteiger partial charge in [-0.1, -0.05) is 6.92 Å². The van der Waals surface area contributed by atoms with E-state index in [4.69, 9.17) is 10.8 Å². The molecule has 0 amide bonds. The largest absolute Gasteiger partial charge is 0.477 e. The Morgan fingerprint density at radius 1 is 1.53 bits per heavy atom. The Morgan fingerprint density at radius 3 is 2.82 bits per heavy atom. The van der Waals surface area contributed by atoms with E-state index in [1.54, 1.807) is 6.07 Å². The van der Waals surface area contributed by atoms with Crippen molar-refractivity contribution in [1.29, 1.82) is 0 Å². The van der Waals surface area contributed by atoms with Crippen molar-refractivity contribution in [2.45, 2.75) is 13.3 Å². The number of nitrogens with two attached hydrogens (primary N) is 1. The van der Waals surface area contributed by atoms with Gasteiger partial charge in [-0.2, -0.15) is 10.2 Å². The second-order valence-electron chi connectivity index (χ2n) is 3.38. The van der Waals surface area contributed by atoms with Crippen LogP contribution in [0.2, 0.25) is 0 Å². The van der Waals surface area contributed by atoms with Gasteiger partial charge in [0.25, 0.3) is 0 Å². The number of nitrogen functional groups attached to an aromatic ring is 1. The van der Waals surface area contributed by atoms with E-state index in [0.29, 0.717) is 17.8 Å². The molecular formula is C10H11N5O2. The summed E-state index contributed by atoms with van der Waals surface area (Å²) in [6, 6.07) is 1.68. The fraction of sp³-hybridized carbons (Fsp3) is 0.200. The molecule has 0 aliphatic carbocycles. The molecule has 0 saturated heterocycles. The molecule has 17 heavy (non-hydrogen) atoms. The van der Waals surface area contributed by atoms with E-state index in [2.05, 4.69) is 15.3 Å². The smallest absolute Gasteiger partial charge is 0.341 e. The summed E-state index contributed by atoms with van der Waals surface area (Å²) in [4.78, 5) is 11.1. The summed E-state index contributed by atoms with van der Waals surface area (Å²) in [7, 11) is 0. The molecule has 0 saturated carbocycles. The third kappa shape index (κ3) is 1.82. The maximum absolute atomic E-state index is 11.1. The summed E-state index contributed by atoms with van der Waals surface area (Å²) in [6.45, 7) is 1.84. The molecule has 88 valence electrons. The minimum absolute atomic E-state index is 0.00571. The van der Waals surface area contributed by atoms with E-state index in [1.807, 2.05) is 6.92 Å². The van der Waals surface area contributed by atoms with Gasteiger partial charge in [-0.15, -0.1) is 5.10 Å². The van der Waals surface area contributed by atoms with E-state index >= 15 is 0 Å². The number of anilines is 1. The van der Waals surface area contributed by atoms with E-state index in [1.165, 1.54) is 17.1 Å². The van der Waals surface area contributed by atoms with Crippen LogP contribution in [0.1, 0.15) is 23.0 Å². The van der Waals surface area contributed by atoms with Gasteiger partial charge < -0.3 is 10.8 Å². The van der Waals surface area contributed by atoms with Crippen molar-refractivity contribution in [2.75, 3.05) is 5.73 Å². The molecule has 0 aliphatic rings. The molecule has 0 aromatic carbocycles. The first-order chi connectivity index (χ1) is 8.15. The number of carboxylic acids is 1. The van der Waals surface area contributed by atoms with Gasteiger partial charge >= 0.3 is 5.97 Å². The number of carboxylic acid groups (broad SMARTS) is 1. The fourth-order valence-electron chi connectivity index (χ4n) is 1.65. The van der Waals surface area contributed by atoms with Crippen molar-refractivity contribution in [1.82, 2.24) is 20.0 Å². The van der Waals surface area contributed by atoms with Gasteiger partial charge in [0.1, 0.15) is 5.56 Å². The lowest BCUT2D eigenvalue weighted by Gasteiger charge is -2.04. The number of hydrogen-bond acceptors (Lipinski definition) is 5. The number of hydrogen-bond donors (Lipinski definition) is 2. The lowest BCUT2D eigenvalue weighted by molar-refractivity contribution is 0.0697. The Kier molecular flexibility index (Phi) is 2.73. The first-order valence-electron chi connectivity index (χ1n) is 5.02. The SMILES string of the molecule is CCc1c(C(=O)O)c(N)nn1-c1ccnnc1. The Bertz CT molecular complexity index is 549. The van der Waals surface area contributed by atoms with Crippen molar-refractivity contribution >= 4 is 11.8 Å². The normalized spacial score (nSPS) is 10.4. The molecule has 2 rings (SSSR count). The average molecular weight is 233 g/mol. The summed E-state index contributed by atoms with van der Waals surface area (Å²) in [6.07, 6.45) is 3.51. The quantitative estimate of drug-likeness (QED) is 0.799. The minimum Gasteiger partial charge on any atom is -0.477 e. The van der Waals surface area contributed by atoms with Crippen molar-refractivity contribution in [3.05, 3.63) is 29.7 Å². The van der Waals surface area contributed by atoms with Crippen LogP contribution in [0.5, 0.6) is 0 Å². The lowest BCUT2D eigenvalue weighted by Crippen LogP contribution is -2.06. The third-order valence-corrected chi connectivity index (χ3v) is 2.37. The van der Waals surface area contributed by atoms with E-state index < -0.39 is 5.97 Å². The van der Waals surface area contributed by atoms with Crippen molar-refractivity contribution < 1.29 is 9.90 Å². The monoisotopic (exact) mass is 233 g/mol. The lowest BCUT2D eigenvalue weighted by atomic mass is 10.2. The molecule has 0 aliphatic heterocycles. The van der Waals surface area contributed by atoms with Crippen molar-refractivity contribution in [3.63, 3.8) is 0 Å². The first-order valence-corrected chi connectivity index (χ1v) is 5.02. The summed E-state index contributed by atoms with van der Waals surface area (Å²) in [5.74, 6) is -1.07. The van der Waals surface area contributed by atoms with Crippen LogP contribution in [0.15, 0.2) is 18.5 Å². The van der Waals surface area contributed by atoms with Crippen LogP contribution < -0.4 is 5.73 Å². The zero-order chi connectivity index (χ0) is 12.4. The second-order valence-corrected chi connectivity index (χ2v) is 3.38. The summed E-state index contributed by atoms with van der Waals surface area (Å²) in [5.41, 5.74) is 6.83. The highest BCUT2D eigenvalue weighted by atomic mass is 16.4. The second kappa shape index (κ2) is 4.20. The Labute approximate surface area is 96.9 Å². The van der Waals surface area contributed by atoms with Gasteiger partial charge in [-0.25, -0.2) is 9.48 Å². The number of carbonyl (C=O) groups is 1. The van der Waals surface area contributed by atoms with Crippen LogP contribution in [0.4, 0.5) is 5.82 Å². The first kappa shape index (κ1) is 11.1. The average Bonchev–Trinajstić information content (AvgIpc) is 2.67. The molecule has 0 spiro atoms. The van der Waals surface area contributed by atoms with E-state index in [0.717, 1.165) is 0 Å². The molecule has 7 heteroatoms. The molecule has 0 atom stereocenters. The number of rotatable bonds is 3. The summed E-state index contributed by atoms with van der Waals surface area (Å²) >= 11 is 0. The van der Waals surface area contributed by atoms with Gasteiger partial charge in [0.15, 0.2) is 5.82 Å². The molecular weight excluding hydrogens is 222 g/mol. The third-order valence-electron chi connectivity index (χ3n) is 2.37. The summed E-state index contributed by atoms with van der Waals surface area (Å²) in [5, 5.41) is 20.5. The zero-order valence-corrected chi connectivity index (χ0v) is 9.16. The molecule has 7 nitrogen and oxygen atoms in total. The number of nitrogens with zero attached hydrogens (tertiary/aromatic N) is 4. The highest BCUT2D eigenvalue weighted by Gasteiger charge is 2.21. The van der Waals surface area contributed by atoms with Crippen LogP contribution in [0.25, 0.3) is 5.69 Å². The predicted octanol–water partition coefficient (Wildman–Crippen LogP) is 0.505. The van der Waals surface area contributed by atoms with Crippen molar-refractivity contribution in [2.24, 2.45) is 0 Å². The maximum atomic E-state index is 11.1. The van der Waals surface area contributed by atoms with Crippen LogP contribution in [-0.2, 0) is 6.42 Å². The highest BCUT2D eigenvalue weighted by molar-refractivity contribution is 5.94. The topological polar surface area (TPSA) is 107 Å². The van der Waals surface area contributed by atoms with Crippen LogP contribution in [-0.4, -0.2) is 31.1 Å². The van der Waals surface area contributed by atoms with Gasteiger partial charge in [0, 0.05) is 0 Å². The Balaban J connectivity index is 2.64. The van der Waals surface area contributed by atoms with Crippen LogP contribution in [0.3, 0.4) is 0 Å². The molecule has 0 bridgehead atoms. The van der Waals surface area contributed by atoms with Gasteiger partial charge in [0.05, 0.1) is 23.8 Å². The van der Waals surface area contributed by atoms with Crippen molar-refractivity contribution in [3.8, 4) is 5.69 Å². The molecule has 0 fully saturated rings. The van der Waals surface area contributed by atoms with Gasteiger partial charge in [0.2, 0.25) is 0 Å². The highest BCUT2D eigenvalue weighted by Crippen LogP contribution is 2.20. The molecule has 0 unspecified atom stereocenters. The van der Waals surface area contributed by atoms with E-state index in [9.17, 15) is 4.79 Å². The minimum atomic E-state index is -1.08. The molecule has 2 heterocycles. The van der Waals surface area contributed by atoms with Gasteiger partial charge in [-0.3, -0.25) is 0 Å². The van der Waals surface area contributed by atoms with Crippen LogP contribution >= 0.6 is 0 Å². The van der Waals surface area contributed by atoms with E-state index in [-0.39, 0.29) is 11.4 Å². The summed E-state index contributed by atoms with van der Waals surface area (Å²) < 4.78 is 1.48. The predicted molar refractivity (Wildman–Crippen MR) is 59.9 cm³/mol. The number of aromatic carboxylic acids is 1. The molecule has 2 aromatic rings. The molecule has 0 radical (unpaired) electrons. The van der Waals surface area contributed by atoms with Crippen LogP contribution in [0, 0.1) is 0 Å². The zero-order valence-electron chi connectivity index (χ0n) is 9.16.